The summed E-state index contributed by atoms with van der Waals surface area (Å²) in [5.41, 5.74) is 0.494. The molecule has 1 aliphatic carbocycles. The first-order chi connectivity index (χ1) is 13.6. The topological polar surface area (TPSA) is 71.8 Å². The molecule has 3 heterocycles. The zero-order valence-electron chi connectivity index (χ0n) is 16.7. The maximum absolute atomic E-state index is 12.4. The molecule has 1 atom stereocenters. The number of hydrogen-bond donors (Lipinski definition) is 1. The number of carbonyl (C=O) groups is 2. The van der Waals surface area contributed by atoms with Crippen molar-refractivity contribution in [3.05, 3.63) is 24.2 Å². The summed E-state index contributed by atoms with van der Waals surface area (Å²) in [5, 5.41) is 3.08. The lowest BCUT2D eigenvalue weighted by Crippen LogP contribution is -2.47. The second-order valence-corrected chi connectivity index (χ2v) is 8.76. The number of nitrogens with zero attached hydrogens (tertiary/aromatic N) is 1. The standard InChI is InChI=1S/C22H32N2O4/c25-20(6-5-17-3-1-2-4-17)23-15-19-7-9-22(28-19)10-12-24(13-11-22)21(26)18-8-14-27-16-18/h8,14,16-17,19H,1-7,9-13,15H2,(H,23,25). The number of rotatable bonds is 6. The van der Waals surface area contributed by atoms with Crippen molar-refractivity contribution >= 4 is 11.8 Å². The van der Waals surface area contributed by atoms with Gasteiger partial charge in [0.2, 0.25) is 5.91 Å². The monoisotopic (exact) mass is 388 g/mol. The van der Waals surface area contributed by atoms with Gasteiger partial charge in [-0.3, -0.25) is 9.59 Å². The molecule has 1 N–H and O–H groups in total. The molecule has 1 saturated carbocycles. The fourth-order valence-corrected chi connectivity index (χ4v) is 5.04. The van der Waals surface area contributed by atoms with Crippen LogP contribution in [0.15, 0.2) is 23.0 Å². The quantitative estimate of drug-likeness (QED) is 0.809. The highest BCUT2D eigenvalue weighted by Gasteiger charge is 2.43. The van der Waals surface area contributed by atoms with Crippen LogP contribution in [-0.2, 0) is 9.53 Å². The van der Waals surface area contributed by atoms with Gasteiger partial charge in [0.25, 0.3) is 5.91 Å². The van der Waals surface area contributed by atoms with E-state index in [1.165, 1.54) is 38.2 Å². The lowest BCUT2D eigenvalue weighted by atomic mass is 9.88. The van der Waals surface area contributed by atoms with E-state index in [-0.39, 0.29) is 23.5 Å². The molecule has 1 unspecified atom stereocenters. The summed E-state index contributed by atoms with van der Waals surface area (Å²) in [6.07, 6.45) is 13.8. The number of ether oxygens (including phenoxy) is 1. The van der Waals surface area contributed by atoms with Crippen molar-refractivity contribution in [3.63, 3.8) is 0 Å². The summed E-state index contributed by atoms with van der Waals surface area (Å²) in [7, 11) is 0. The molecule has 0 radical (unpaired) electrons. The van der Waals surface area contributed by atoms with E-state index < -0.39 is 0 Å². The van der Waals surface area contributed by atoms with Crippen LogP contribution in [-0.4, -0.2) is 48.1 Å². The molecule has 6 heteroatoms. The molecule has 28 heavy (non-hydrogen) atoms. The van der Waals surface area contributed by atoms with E-state index in [0.717, 1.165) is 38.0 Å². The number of piperidine rings is 1. The summed E-state index contributed by atoms with van der Waals surface area (Å²) < 4.78 is 11.4. The first kappa shape index (κ1) is 19.5. The predicted octanol–water partition coefficient (Wildman–Crippen LogP) is 3.52. The fourth-order valence-electron chi connectivity index (χ4n) is 5.04. The largest absolute Gasteiger partial charge is 0.472 e. The average Bonchev–Trinajstić information content (AvgIpc) is 3.47. The zero-order chi connectivity index (χ0) is 19.4. The number of hydrogen-bond acceptors (Lipinski definition) is 4. The maximum atomic E-state index is 12.4. The van der Waals surface area contributed by atoms with Crippen LogP contribution in [0, 0.1) is 5.92 Å². The molecular formula is C22H32N2O4. The van der Waals surface area contributed by atoms with E-state index in [1.807, 2.05) is 4.90 Å². The highest BCUT2D eigenvalue weighted by atomic mass is 16.5. The summed E-state index contributed by atoms with van der Waals surface area (Å²) in [5.74, 6) is 0.955. The Balaban J connectivity index is 1.17. The van der Waals surface area contributed by atoms with Crippen molar-refractivity contribution in [1.29, 1.82) is 0 Å². The minimum Gasteiger partial charge on any atom is -0.472 e. The second kappa shape index (κ2) is 8.68. The van der Waals surface area contributed by atoms with Crippen LogP contribution in [0.3, 0.4) is 0 Å². The van der Waals surface area contributed by atoms with E-state index in [2.05, 4.69) is 5.32 Å². The normalized spacial score (nSPS) is 24.7. The minimum atomic E-state index is -0.119. The zero-order valence-corrected chi connectivity index (χ0v) is 16.7. The Morgan fingerprint density at radius 3 is 2.64 bits per heavy atom. The van der Waals surface area contributed by atoms with Gasteiger partial charge in [0.15, 0.2) is 0 Å². The van der Waals surface area contributed by atoms with Gasteiger partial charge in [0.1, 0.15) is 6.26 Å². The highest BCUT2D eigenvalue weighted by molar-refractivity contribution is 5.93. The summed E-state index contributed by atoms with van der Waals surface area (Å²) in [6, 6.07) is 1.71. The lowest BCUT2D eigenvalue weighted by molar-refractivity contribution is -0.123. The van der Waals surface area contributed by atoms with Gasteiger partial charge in [-0.05, 0) is 44.1 Å². The van der Waals surface area contributed by atoms with Crippen LogP contribution in [0.5, 0.6) is 0 Å². The van der Waals surface area contributed by atoms with Gasteiger partial charge in [-0.2, -0.15) is 0 Å². The van der Waals surface area contributed by atoms with Gasteiger partial charge in [-0.15, -0.1) is 0 Å². The molecule has 2 saturated heterocycles. The number of amides is 2. The lowest BCUT2D eigenvalue weighted by Gasteiger charge is -2.39. The molecule has 6 nitrogen and oxygen atoms in total. The van der Waals surface area contributed by atoms with Crippen molar-refractivity contribution in [1.82, 2.24) is 10.2 Å². The van der Waals surface area contributed by atoms with E-state index in [0.29, 0.717) is 31.6 Å². The van der Waals surface area contributed by atoms with Gasteiger partial charge < -0.3 is 19.4 Å². The van der Waals surface area contributed by atoms with Crippen LogP contribution in [0.4, 0.5) is 0 Å². The summed E-state index contributed by atoms with van der Waals surface area (Å²) >= 11 is 0. The first-order valence-electron chi connectivity index (χ1n) is 10.9. The number of furan rings is 1. The Hall–Kier alpha value is -1.82. The molecule has 1 aromatic rings. The molecule has 1 spiro atoms. The SMILES string of the molecule is O=C(CCC1CCCC1)NCC1CCC2(CCN(C(=O)c3ccoc3)CC2)O1. The molecule has 1 aromatic heterocycles. The molecule has 4 rings (SSSR count). The van der Waals surface area contributed by atoms with Crippen molar-refractivity contribution in [2.24, 2.45) is 5.92 Å². The molecule has 154 valence electrons. The van der Waals surface area contributed by atoms with Crippen LogP contribution in [0.25, 0.3) is 0 Å². The maximum Gasteiger partial charge on any atom is 0.257 e. The van der Waals surface area contributed by atoms with E-state index >= 15 is 0 Å². The highest BCUT2D eigenvalue weighted by Crippen LogP contribution is 2.39. The number of likely N-dealkylation sites (tertiary alicyclic amines) is 1. The van der Waals surface area contributed by atoms with Crippen molar-refractivity contribution in [2.75, 3.05) is 19.6 Å². The van der Waals surface area contributed by atoms with Crippen molar-refractivity contribution in [2.45, 2.75) is 75.9 Å². The number of nitrogens with one attached hydrogen (secondary N) is 1. The fraction of sp³-hybridized carbons (Fsp3) is 0.727. The minimum absolute atomic E-state index is 0.0349. The third kappa shape index (κ3) is 4.59. The van der Waals surface area contributed by atoms with Gasteiger partial charge in [-0.25, -0.2) is 0 Å². The molecule has 0 bridgehead atoms. The van der Waals surface area contributed by atoms with Crippen LogP contribution < -0.4 is 5.32 Å². The third-order valence-corrected chi connectivity index (χ3v) is 6.85. The number of carbonyl (C=O) groups excluding carboxylic acids is 2. The van der Waals surface area contributed by atoms with Crippen LogP contribution in [0.1, 0.15) is 74.6 Å². The van der Waals surface area contributed by atoms with Crippen molar-refractivity contribution in [3.8, 4) is 0 Å². The Kier molecular flexibility index (Phi) is 6.04. The molecular weight excluding hydrogens is 356 g/mol. The summed E-state index contributed by atoms with van der Waals surface area (Å²) in [6.45, 7) is 2.04. The first-order valence-corrected chi connectivity index (χ1v) is 10.9. The Morgan fingerprint density at radius 1 is 1.14 bits per heavy atom. The third-order valence-electron chi connectivity index (χ3n) is 6.85. The molecule has 2 aliphatic heterocycles. The van der Waals surface area contributed by atoms with Crippen molar-refractivity contribution < 1.29 is 18.7 Å². The molecule has 2 amide bonds. The Bertz CT molecular complexity index is 658. The average molecular weight is 389 g/mol. The van der Waals surface area contributed by atoms with Crippen LogP contribution in [0.2, 0.25) is 0 Å². The second-order valence-electron chi connectivity index (χ2n) is 8.76. The van der Waals surface area contributed by atoms with Gasteiger partial charge in [0.05, 0.1) is 23.5 Å². The van der Waals surface area contributed by atoms with E-state index in [4.69, 9.17) is 9.15 Å². The molecule has 3 fully saturated rings. The van der Waals surface area contributed by atoms with E-state index in [1.54, 1.807) is 6.07 Å². The molecule has 3 aliphatic rings. The molecule has 0 aromatic carbocycles. The van der Waals surface area contributed by atoms with Gasteiger partial charge >= 0.3 is 0 Å². The summed E-state index contributed by atoms with van der Waals surface area (Å²) in [4.78, 5) is 26.5. The Morgan fingerprint density at radius 2 is 1.93 bits per heavy atom. The van der Waals surface area contributed by atoms with Crippen LogP contribution >= 0.6 is 0 Å². The Labute approximate surface area is 167 Å². The van der Waals surface area contributed by atoms with E-state index in [9.17, 15) is 9.59 Å². The predicted molar refractivity (Wildman–Crippen MR) is 105 cm³/mol. The van der Waals surface area contributed by atoms with Gasteiger partial charge in [0, 0.05) is 26.1 Å². The van der Waals surface area contributed by atoms with Gasteiger partial charge in [-0.1, -0.05) is 25.7 Å². The smallest absolute Gasteiger partial charge is 0.257 e.